The van der Waals surface area contributed by atoms with E-state index >= 15 is 0 Å². The van der Waals surface area contributed by atoms with E-state index < -0.39 is 10.0 Å². The first-order chi connectivity index (χ1) is 13.9. The fourth-order valence-electron chi connectivity index (χ4n) is 2.68. The van der Waals surface area contributed by atoms with Crippen molar-refractivity contribution in [1.82, 2.24) is 14.6 Å². The van der Waals surface area contributed by atoms with Crippen molar-refractivity contribution in [2.45, 2.75) is 18.0 Å². The van der Waals surface area contributed by atoms with E-state index in [-0.39, 0.29) is 30.4 Å². The van der Waals surface area contributed by atoms with Crippen molar-refractivity contribution < 1.29 is 13.2 Å². The number of halogens is 1. The minimum Gasteiger partial charge on any atom is -0.351 e. The van der Waals surface area contributed by atoms with Crippen LogP contribution < -0.4 is 5.32 Å². The SMILES string of the molecule is O=C(CN(Cc1ccc(Br)cc1)S(=O)(=O)c1ccccc1)NCc1cccnc1. The van der Waals surface area contributed by atoms with Gasteiger partial charge in [-0.1, -0.05) is 52.3 Å². The number of nitrogens with zero attached hydrogens (tertiary/aromatic N) is 2. The molecule has 0 fully saturated rings. The third kappa shape index (κ3) is 5.96. The van der Waals surface area contributed by atoms with Crippen LogP contribution in [0.3, 0.4) is 0 Å². The number of pyridine rings is 1. The molecule has 0 saturated carbocycles. The quantitative estimate of drug-likeness (QED) is 0.543. The molecule has 0 aliphatic carbocycles. The van der Waals surface area contributed by atoms with Gasteiger partial charge < -0.3 is 5.32 Å². The summed E-state index contributed by atoms with van der Waals surface area (Å²) >= 11 is 3.37. The van der Waals surface area contributed by atoms with Gasteiger partial charge in [0.05, 0.1) is 11.4 Å². The second kappa shape index (κ2) is 9.78. The Hall–Kier alpha value is -2.55. The van der Waals surface area contributed by atoms with Gasteiger partial charge in [0.2, 0.25) is 15.9 Å². The molecule has 0 spiro atoms. The number of hydrogen-bond donors (Lipinski definition) is 1. The summed E-state index contributed by atoms with van der Waals surface area (Å²) in [6, 6.07) is 19.1. The summed E-state index contributed by atoms with van der Waals surface area (Å²) in [5.41, 5.74) is 1.62. The lowest BCUT2D eigenvalue weighted by molar-refractivity contribution is -0.121. The van der Waals surface area contributed by atoms with Crippen LogP contribution in [-0.4, -0.2) is 30.2 Å². The van der Waals surface area contributed by atoms with Gasteiger partial charge in [-0.3, -0.25) is 9.78 Å². The summed E-state index contributed by atoms with van der Waals surface area (Å²) in [7, 11) is -3.84. The minimum absolute atomic E-state index is 0.0881. The molecule has 2 aromatic carbocycles. The number of sulfonamides is 1. The van der Waals surface area contributed by atoms with Crippen LogP contribution in [0.1, 0.15) is 11.1 Å². The highest BCUT2D eigenvalue weighted by atomic mass is 79.9. The largest absolute Gasteiger partial charge is 0.351 e. The van der Waals surface area contributed by atoms with E-state index in [4.69, 9.17) is 0 Å². The summed E-state index contributed by atoms with van der Waals surface area (Å²) in [6.45, 7) is 0.0859. The predicted octanol–water partition coefficient (Wildman–Crippen LogP) is 3.35. The molecule has 1 N–H and O–H groups in total. The lowest BCUT2D eigenvalue weighted by Crippen LogP contribution is -2.40. The van der Waals surface area contributed by atoms with E-state index in [1.54, 1.807) is 36.7 Å². The van der Waals surface area contributed by atoms with Crippen LogP contribution in [0.5, 0.6) is 0 Å². The second-order valence-corrected chi connectivity index (χ2v) is 9.20. The molecule has 29 heavy (non-hydrogen) atoms. The third-order valence-electron chi connectivity index (χ3n) is 4.19. The van der Waals surface area contributed by atoms with Crippen molar-refractivity contribution in [2.24, 2.45) is 0 Å². The number of rotatable bonds is 8. The summed E-state index contributed by atoms with van der Waals surface area (Å²) < 4.78 is 28.4. The first-order valence-corrected chi connectivity index (χ1v) is 11.1. The van der Waals surface area contributed by atoms with Crippen LogP contribution in [0.15, 0.2) is 88.5 Å². The van der Waals surface area contributed by atoms with Gasteiger partial charge in [-0.25, -0.2) is 8.42 Å². The second-order valence-electron chi connectivity index (χ2n) is 6.35. The van der Waals surface area contributed by atoms with E-state index in [2.05, 4.69) is 26.2 Å². The average Bonchev–Trinajstić information content (AvgIpc) is 2.74. The van der Waals surface area contributed by atoms with Gasteiger partial charge in [0.15, 0.2) is 0 Å². The molecule has 0 unspecified atom stereocenters. The molecule has 0 bridgehead atoms. The van der Waals surface area contributed by atoms with Crippen LogP contribution in [-0.2, 0) is 27.9 Å². The highest BCUT2D eigenvalue weighted by Crippen LogP contribution is 2.19. The predicted molar refractivity (Wildman–Crippen MR) is 114 cm³/mol. The number of nitrogens with one attached hydrogen (secondary N) is 1. The number of carbonyl (C=O) groups is 1. The number of carbonyl (C=O) groups excluding carboxylic acids is 1. The molecule has 0 aliphatic heterocycles. The standard InChI is InChI=1S/C21H20BrN3O3S/c22-19-10-8-17(9-11-19)15-25(29(27,28)20-6-2-1-3-7-20)16-21(26)24-14-18-5-4-12-23-13-18/h1-13H,14-16H2,(H,24,26). The maximum absolute atomic E-state index is 13.1. The molecule has 3 rings (SSSR count). The zero-order valence-electron chi connectivity index (χ0n) is 15.5. The van der Waals surface area contributed by atoms with Crippen molar-refractivity contribution in [1.29, 1.82) is 0 Å². The molecule has 150 valence electrons. The van der Waals surface area contributed by atoms with Crippen LogP contribution in [0, 0.1) is 0 Å². The van der Waals surface area contributed by atoms with Crippen molar-refractivity contribution in [3.8, 4) is 0 Å². The van der Waals surface area contributed by atoms with E-state index in [9.17, 15) is 13.2 Å². The Bertz CT molecular complexity index is 1040. The van der Waals surface area contributed by atoms with Crippen molar-refractivity contribution in [3.63, 3.8) is 0 Å². The topological polar surface area (TPSA) is 79.4 Å². The maximum Gasteiger partial charge on any atom is 0.243 e. The molecule has 0 aliphatic rings. The fraction of sp³-hybridized carbons (Fsp3) is 0.143. The van der Waals surface area contributed by atoms with Crippen LogP contribution >= 0.6 is 15.9 Å². The number of benzene rings is 2. The van der Waals surface area contributed by atoms with Gasteiger partial charge in [-0.05, 0) is 41.5 Å². The lowest BCUT2D eigenvalue weighted by atomic mass is 10.2. The number of hydrogen-bond acceptors (Lipinski definition) is 4. The fourth-order valence-corrected chi connectivity index (χ4v) is 4.35. The highest BCUT2D eigenvalue weighted by Gasteiger charge is 2.26. The molecule has 1 amide bonds. The minimum atomic E-state index is -3.84. The highest BCUT2D eigenvalue weighted by molar-refractivity contribution is 9.10. The zero-order valence-corrected chi connectivity index (χ0v) is 17.9. The Morgan fingerprint density at radius 1 is 0.966 bits per heavy atom. The van der Waals surface area contributed by atoms with Gasteiger partial charge in [-0.15, -0.1) is 0 Å². The van der Waals surface area contributed by atoms with E-state index in [1.165, 1.54) is 16.4 Å². The Balaban J connectivity index is 1.78. The van der Waals surface area contributed by atoms with Crippen LogP contribution in [0.4, 0.5) is 0 Å². The molecule has 1 heterocycles. The third-order valence-corrected chi connectivity index (χ3v) is 6.52. The van der Waals surface area contributed by atoms with E-state index in [0.717, 1.165) is 15.6 Å². The van der Waals surface area contributed by atoms with Gasteiger partial charge in [0.25, 0.3) is 0 Å². The van der Waals surface area contributed by atoms with Crippen LogP contribution in [0.2, 0.25) is 0 Å². The van der Waals surface area contributed by atoms with E-state index in [0.29, 0.717) is 0 Å². The maximum atomic E-state index is 13.1. The van der Waals surface area contributed by atoms with Gasteiger partial charge in [-0.2, -0.15) is 4.31 Å². The number of amides is 1. The molecule has 3 aromatic rings. The summed E-state index contributed by atoms with van der Waals surface area (Å²) in [4.78, 5) is 16.7. The molecule has 1 aromatic heterocycles. The Labute approximate surface area is 178 Å². The normalized spacial score (nSPS) is 11.4. The first kappa shape index (κ1) is 21.2. The average molecular weight is 474 g/mol. The smallest absolute Gasteiger partial charge is 0.243 e. The molecule has 8 heteroatoms. The van der Waals surface area contributed by atoms with Crippen LogP contribution in [0.25, 0.3) is 0 Å². The zero-order chi connectivity index (χ0) is 20.7. The Kier molecular flexibility index (Phi) is 7.13. The van der Waals surface area contributed by atoms with Crippen molar-refractivity contribution in [3.05, 3.63) is 94.7 Å². The Morgan fingerprint density at radius 3 is 2.34 bits per heavy atom. The monoisotopic (exact) mass is 473 g/mol. The lowest BCUT2D eigenvalue weighted by Gasteiger charge is -2.22. The van der Waals surface area contributed by atoms with Gasteiger partial charge in [0, 0.05) is 30.0 Å². The van der Waals surface area contributed by atoms with E-state index in [1.807, 2.05) is 30.3 Å². The molecule has 0 atom stereocenters. The molecular formula is C21H20BrN3O3S. The summed E-state index contributed by atoms with van der Waals surface area (Å²) in [6.07, 6.45) is 3.30. The van der Waals surface area contributed by atoms with Crippen molar-refractivity contribution >= 4 is 31.9 Å². The van der Waals surface area contributed by atoms with Gasteiger partial charge >= 0.3 is 0 Å². The molecule has 0 radical (unpaired) electrons. The molecular weight excluding hydrogens is 454 g/mol. The van der Waals surface area contributed by atoms with Crippen molar-refractivity contribution in [2.75, 3.05) is 6.54 Å². The summed E-state index contributed by atoms with van der Waals surface area (Å²) in [5, 5.41) is 2.76. The first-order valence-electron chi connectivity index (χ1n) is 8.90. The molecule has 6 nitrogen and oxygen atoms in total. The number of aromatic nitrogens is 1. The summed E-state index contributed by atoms with van der Waals surface area (Å²) in [5.74, 6) is -0.384. The van der Waals surface area contributed by atoms with Gasteiger partial charge in [0.1, 0.15) is 0 Å². The molecule has 0 saturated heterocycles. The Morgan fingerprint density at radius 2 is 1.69 bits per heavy atom.